The zero-order valence-corrected chi connectivity index (χ0v) is 16.2. The number of rotatable bonds is 9. The van der Waals surface area contributed by atoms with Gasteiger partial charge in [0, 0.05) is 36.2 Å². The number of amides is 1. The molecule has 0 saturated heterocycles. The molecule has 2 heterocycles. The first kappa shape index (κ1) is 20.5. The lowest BCUT2D eigenvalue weighted by Gasteiger charge is -2.29. The molecule has 5 N–H and O–H groups in total. The third-order valence-electron chi connectivity index (χ3n) is 5.07. The Morgan fingerprint density at radius 1 is 1.43 bits per heavy atom. The maximum absolute atomic E-state index is 12.5. The van der Waals surface area contributed by atoms with E-state index in [2.05, 4.69) is 27.4 Å². The number of H-pyrrole nitrogens is 1. The van der Waals surface area contributed by atoms with Gasteiger partial charge >= 0.3 is 0 Å². The summed E-state index contributed by atoms with van der Waals surface area (Å²) in [6.45, 7) is 8.47. The van der Waals surface area contributed by atoms with E-state index in [9.17, 15) is 9.90 Å². The van der Waals surface area contributed by atoms with Crippen molar-refractivity contribution in [1.29, 1.82) is 0 Å². The van der Waals surface area contributed by atoms with Crippen LogP contribution in [0.3, 0.4) is 0 Å². The SMILES string of the molecule is C=C1C=CC2=C(C1OCC(O)CNC(C)(C)CCO)C(c1ccn[nH]1)C(=O)N2. The Morgan fingerprint density at radius 2 is 2.21 bits per heavy atom. The van der Waals surface area contributed by atoms with Crippen molar-refractivity contribution in [3.05, 3.63) is 53.5 Å². The maximum Gasteiger partial charge on any atom is 0.237 e. The highest BCUT2D eigenvalue weighted by Gasteiger charge is 2.41. The molecule has 8 heteroatoms. The molecule has 3 atom stereocenters. The van der Waals surface area contributed by atoms with Gasteiger partial charge in [0.15, 0.2) is 0 Å². The molecule has 1 aromatic rings. The van der Waals surface area contributed by atoms with Crippen LogP contribution in [0.5, 0.6) is 0 Å². The molecule has 0 radical (unpaired) electrons. The van der Waals surface area contributed by atoms with E-state index < -0.39 is 18.1 Å². The van der Waals surface area contributed by atoms with Crippen molar-refractivity contribution in [3.63, 3.8) is 0 Å². The number of carbonyl (C=O) groups excluding carboxylic acids is 1. The van der Waals surface area contributed by atoms with Crippen LogP contribution in [-0.2, 0) is 9.53 Å². The Kier molecular flexibility index (Phi) is 6.14. The van der Waals surface area contributed by atoms with Gasteiger partial charge in [-0.3, -0.25) is 9.89 Å². The van der Waals surface area contributed by atoms with Crippen LogP contribution in [0, 0.1) is 0 Å². The van der Waals surface area contributed by atoms with Gasteiger partial charge in [-0.05, 0) is 38.0 Å². The number of hydrogen-bond donors (Lipinski definition) is 5. The Hall–Kier alpha value is -2.26. The van der Waals surface area contributed by atoms with Crippen molar-refractivity contribution in [1.82, 2.24) is 20.8 Å². The number of aliphatic hydroxyl groups excluding tert-OH is 2. The summed E-state index contributed by atoms with van der Waals surface area (Å²) in [6, 6.07) is 1.76. The first-order valence-corrected chi connectivity index (χ1v) is 9.39. The molecule has 0 saturated carbocycles. The lowest BCUT2D eigenvalue weighted by molar-refractivity contribution is -0.120. The Bertz CT molecular complexity index is 782. The quantitative estimate of drug-likeness (QED) is 0.420. The number of allylic oxidation sites excluding steroid dienone is 1. The second kappa shape index (κ2) is 8.40. The van der Waals surface area contributed by atoms with E-state index in [4.69, 9.17) is 9.84 Å². The number of carbonyl (C=O) groups is 1. The van der Waals surface area contributed by atoms with Crippen molar-refractivity contribution in [2.24, 2.45) is 0 Å². The number of aromatic nitrogens is 2. The molecular weight excluding hydrogens is 360 g/mol. The molecule has 1 aromatic heterocycles. The standard InChI is InChI=1S/C20H28N4O4/c1-12-4-5-14-16(17(19(27)23-14)15-6-8-22-24-15)18(12)28-11-13(26)10-21-20(2,3)7-9-25/h4-6,8,13,17-18,21,25-26H,1,7,9-11H2,2-3H3,(H,22,24)(H,23,27). The zero-order chi connectivity index (χ0) is 20.3. The molecule has 3 unspecified atom stereocenters. The van der Waals surface area contributed by atoms with E-state index in [1.54, 1.807) is 12.3 Å². The highest BCUT2D eigenvalue weighted by Crippen LogP contribution is 2.39. The van der Waals surface area contributed by atoms with Crippen molar-refractivity contribution in [2.45, 2.75) is 43.9 Å². The number of nitrogens with one attached hydrogen (secondary N) is 3. The highest BCUT2D eigenvalue weighted by atomic mass is 16.5. The van der Waals surface area contributed by atoms with Crippen LogP contribution >= 0.6 is 0 Å². The monoisotopic (exact) mass is 388 g/mol. The van der Waals surface area contributed by atoms with E-state index in [-0.39, 0.29) is 24.7 Å². The van der Waals surface area contributed by atoms with Crippen LogP contribution in [0.1, 0.15) is 31.9 Å². The zero-order valence-electron chi connectivity index (χ0n) is 16.2. The van der Waals surface area contributed by atoms with Crippen molar-refractivity contribution < 1.29 is 19.7 Å². The number of aliphatic hydroxyl groups is 2. The normalized spacial score (nSPS) is 23.1. The molecule has 1 aliphatic heterocycles. The molecule has 0 bridgehead atoms. The molecular formula is C20H28N4O4. The van der Waals surface area contributed by atoms with Crippen molar-refractivity contribution in [3.8, 4) is 0 Å². The topological polar surface area (TPSA) is 120 Å². The fourth-order valence-corrected chi connectivity index (χ4v) is 3.44. The first-order valence-electron chi connectivity index (χ1n) is 9.39. The van der Waals surface area contributed by atoms with Crippen molar-refractivity contribution in [2.75, 3.05) is 19.8 Å². The molecule has 0 spiro atoms. The highest BCUT2D eigenvalue weighted by molar-refractivity contribution is 5.93. The maximum atomic E-state index is 12.5. The van der Waals surface area contributed by atoms with E-state index in [1.807, 2.05) is 26.0 Å². The van der Waals surface area contributed by atoms with E-state index >= 15 is 0 Å². The minimum atomic E-state index is -0.739. The summed E-state index contributed by atoms with van der Waals surface area (Å²) in [5.74, 6) is -0.668. The molecule has 28 heavy (non-hydrogen) atoms. The van der Waals surface area contributed by atoms with Gasteiger partial charge in [0.1, 0.15) is 12.0 Å². The summed E-state index contributed by atoms with van der Waals surface area (Å²) >= 11 is 0. The largest absolute Gasteiger partial charge is 0.396 e. The lowest BCUT2D eigenvalue weighted by atomic mass is 9.86. The summed E-state index contributed by atoms with van der Waals surface area (Å²) in [7, 11) is 0. The second-order valence-electron chi connectivity index (χ2n) is 7.82. The van der Waals surface area contributed by atoms with Crippen LogP contribution in [0.15, 0.2) is 47.8 Å². The summed E-state index contributed by atoms with van der Waals surface area (Å²) in [5.41, 5.74) is 2.62. The molecule has 0 aromatic carbocycles. The number of nitrogens with zero attached hydrogens (tertiary/aromatic N) is 1. The molecule has 2 aliphatic rings. The van der Waals surface area contributed by atoms with E-state index in [1.165, 1.54) is 0 Å². The fourth-order valence-electron chi connectivity index (χ4n) is 3.44. The van der Waals surface area contributed by atoms with Crippen LogP contribution < -0.4 is 10.6 Å². The van der Waals surface area contributed by atoms with Crippen LogP contribution in [0.4, 0.5) is 0 Å². The Morgan fingerprint density at radius 3 is 2.89 bits per heavy atom. The van der Waals surface area contributed by atoms with Gasteiger partial charge in [0.2, 0.25) is 5.91 Å². The lowest BCUT2D eigenvalue weighted by Crippen LogP contribution is -2.45. The summed E-state index contributed by atoms with van der Waals surface area (Å²) in [5, 5.41) is 32.3. The smallest absolute Gasteiger partial charge is 0.237 e. The van der Waals surface area contributed by atoms with Gasteiger partial charge in [-0.15, -0.1) is 0 Å². The number of aromatic amines is 1. The minimum Gasteiger partial charge on any atom is -0.396 e. The minimum absolute atomic E-state index is 0.0772. The van der Waals surface area contributed by atoms with Gasteiger partial charge in [0.25, 0.3) is 0 Å². The molecule has 0 fully saturated rings. The van der Waals surface area contributed by atoms with Gasteiger partial charge in [-0.2, -0.15) is 5.10 Å². The van der Waals surface area contributed by atoms with Gasteiger partial charge in [0.05, 0.1) is 18.4 Å². The Labute approximate surface area is 164 Å². The fraction of sp³-hybridized carbons (Fsp3) is 0.500. The number of hydrogen-bond acceptors (Lipinski definition) is 6. The van der Waals surface area contributed by atoms with E-state index in [0.717, 1.165) is 11.1 Å². The summed E-state index contributed by atoms with van der Waals surface area (Å²) < 4.78 is 6.00. The molecule has 8 nitrogen and oxygen atoms in total. The molecule has 152 valence electrons. The van der Waals surface area contributed by atoms with Crippen molar-refractivity contribution >= 4 is 5.91 Å². The second-order valence-corrected chi connectivity index (χ2v) is 7.82. The predicted octanol–water partition coefficient (Wildman–Crippen LogP) is 0.500. The average molecular weight is 388 g/mol. The molecule has 3 rings (SSSR count). The van der Waals surface area contributed by atoms with Crippen LogP contribution in [0.2, 0.25) is 0 Å². The third-order valence-corrected chi connectivity index (χ3v) is 5.07. The van der Waals surface area contributed by atoms with Crippen LogP contribution in [0.25, 0.3) is 0 Å². The average Bonchev–Trinajstić information content (AvgIpc) is 3.26. The third kappa shape index (κ3) is 4.41. The van der Waals surface area contributed by atoms with Crippen LogP contribution in [-0.4, -0.2) is 63.8 Å². The van der Waals surface area contributed by atoms with Gasteiger partial charge < -0.3 is 25.6 Å². The Balaban J connectivity index is 1.67. The van der Waals surface area contributed by atoms with Gasteiger partial charge in [-0.1, -0.05) is 12.7 Å². The van der Waals surface area contributed by atoms with Gasteiger partial charge in [-0.25, -0.2) is 0 Å². The summed E-state index contributed by atoms with van der Waals surface area (Å²) in [6.07, 6.45) is 4.58. The number of ether oxygens (including phenoxy) is 1. The molecule has 1 aliphatic carbocycles. The van der Waals surface area contributed by atoms with E-state index in [0.29, 0.717) is 24.4 Å². The predicted molar refractivity (Wildman–Crippen MR) is 104 cm³/mol. The number of β-amino-alcohol motifs (C(OH)–C–C–N with tert-alkyl or cyclic N) is 1. The first-order chi connectivity index (χ1) is 13.3. The molecule has 1 amide bonds. The summed E-state index contributed by atoms with van der Waals surface area (Å²) in [4.78, 5) is 12.5.